The van der Waals surface area contributed by atoms with Crippen molar-refractivity contribution in [3.63, 3.8) is 0 Å². The number of pyridine rings is 1. The van der Waals surface area contributed by atoms with Crippen LogP contribution in [0, 0.1) is 5.92 Å². The Morgan fingerprint density at radius 1 is 1.26 bits per heavy atom. The first-order chi connectivity index (χ1) is 13.0. The maximum absolute atomic E-state index is 13.1. The second-order valence-electron chi connectivity index (χ2n) is 7.12. The summed E-state index contributed by atoms with van der Waals surface area (Å²) in [4.78, 5) is 24.2. The van der Waals surface area contributed by atoms with Gasteiger partial charge in [-0.3, -0.25) is 4.79 Å². The standard InChI is InChI=1S/C21H25ClN4O/c1-4-11-26-19(24-18-9-6-10-23-20(18)26)14-25(13-15(2)3)21(27)16-7-5-8-17(22)12-16/h5-10,12,15H,4,11,13-14H2,1-3H3. The van der Waals surface area contributed by atoms with E-state index in [-0.39, 0.29) is 5.91 Å². The summed E-state index contributed by atoms with van der Waals surface area (Å²) in [6.45, 7) is 8.25. The highest BCUT2D eigenvalue weighted by Crippen LogP contribution is 2.19. The molecule has 0 spiro atoms. The summed E-state index contributed by atoms with van der Waals surface area (Å²) < 4.78 is 2.12. The molecule has 0 N–H and O–H groups in total. The second-order valence-corrected chi connectivity index (χ2v) is 7.55. The van der Waals surface area contributed by atoms with E-state index in [2.05, 4.69) is 30.3 Å². The number of fused-ring (bicyclic) bond motifs is 1. The SMILES string of the molecule is CCCn1c(CN(CC(C)C)C(=O)c2cccc(Cl)c2)nc2cccnc21. The Balaban J connectivity index is 1.96. The van der Waals surface area contributed by atoms with Crippen LogP contribution in [0.3, 0.4) is 0 Å². The van der Waals surface area contributed by atoms with E-state index in [9.17, 15) is 4.79 Å². The molecule has 3 aromatic rings. The van der Waals surface area contributed by atoms with E-state index in [1.165, 1.54) is 0 Å². The van der Waals surface area contributed by atoms with Crippen LogP contribution in [-0.4, -0.2) is 31.9 Å². The smallest absolute Gasteiger partial charge is 0.254 e. The fraction of sp³-hybridized carbons (Fsp3) is 0.381. The molecule has 0 radical (unpaired) electrons. The van der Waals surface area contributed by atoms with E-state index in [4.69, 9.17) is 16.6 Å². The summed E-state index contributed by atoms with van der Waals surface area (Å²) in [6.07, 6.45) is 2.75. The van der Waals surface area contributed by atoms with Crippen molar-refractivity contribution in [2.45, 2.75) is 40.3 Å². The summed E-state index contributed by atoms with van der Waals surface area (Å²) >= 11 is 6.08. The van der Waals surface area contributed by atoms with Gasteiger partial charge in [0.2, 0.25) is 0 Å². The molecule has 0 aliphatic heterocycles. The number of carbonyl (C=O) groups is 1. The van der Waals surface area contributed by atoms with Crippen LogP contribution in [0.5, 0.6) is 0 Å². The summed E-state index contributed by atoms with van der Waals surface area (Å²) in [6, 6.07) is 10.9. The number of amides is 1. The molecule has 0 unspecified atom stereocenters. The molecule has 0 saturated heterocycles. The number of rotatable bonds is 7. The first-order valence-electron chi connectivity index (χ1n) is 9.34. The average molecular weight is 385 g/mol. The molecule has 0 aliphatic rings. The van der Waals surface area contributed by atoms with E-state index >= 15 is 0 Å². The lowest BCUT2D eigenvalue weighted by molar-refractivity contribution is 0.0716. The number of benzene rings is 1. The van der Waals surface area contributed by atoms with Gasteiger partial charge in [0.1, 0.15) is 11.3 Å². The first kappa shape index (κ1) is 19.4. The van der Waals surface area contributed by atoms with Crippen LogP contribution in [0.15, 0.2) is 42.6 Å². The molecule has 0 atom stereocenters. The Morgan fingerprint density at radius 2 is 2.07 bits per heavy atom. The van der Waals surface area contributed by atoms with Crippen molar-refractivity contribution in [3.8, 4) is 0 Å². The topological polar surface area (TPSA) is 51.0 Å². The van der Waals surface area contributed by atoms with Gasteiger partial charge in [-0.2, -0.15) is 0 Å². The lowest BCUT2D eigenvalue weighted by Gasteiger charge is -2.25. The van der Waals surface area contributed by atoms with E-state index < -0.39 is 0 Å². The van der Waals surface area contributed by atoms with Crippen molar-refractivity contribution >= 4 is 28.7 Å². The van der Waals surface area contributed by atoms with Gasteiger partial charge in [-0.15, -0.1) is 0 Å². The lowest BCUT2D eigenvalue weighted by atomic mass is 10.1. The van der Waals surface area contributed by atoms with Gasteiger partial charge < -0.3 is 9.47 Å². The molecule has 6 heteroatoms. The van der Waals surface area contributed by atoms with Crippen LogP contribution in [0.1, 0.15) is 43.4 Å². The minimum absolute atomic E-state index is 0.0331. The average Bonchev–Trinajstić information content (AvgIpc) is 2.98. The Labute approximate surface area is 165 Å². The normalized spacial score (nSPS) is 11.3. The molecule has 27 heavy (non-hydrogen) atoms. The highest BCUT2D eigenvalue weighted by atomic mass is 35.5. The number of nitrogens with zero attached hydrogens (tertiary/aromatic N) is 4. The minimum Gasteiger partial charge on any atom is -0.331 e. The third kappa shape index (κ3) is 4.48. The molecular weight excluding hydrogens is 360 g/mol. The van der Waals surface area contributed by atoms with Gasteiger partial charge in [0.25, 0.3) is 5.91 Å². The molecule has 0 bridgehead atoms. The third-order valence-corrected chi connectivity index (χ3v) is 4.54. The van der Waals surface area contributed by atoms with Crippen LogP contribution in [0.4, 0.5) is 0 Å². The second kappa shape index (κ2) is 8.53. The number of hydrogen-bond acceptors (Lipinski definition) is 3. The highest BCUT2D eigenvalue weighted by Gasteiger charge is 2.21. The van der Waals surface area contributed by atoms with E-state index in [0.717, 1.165) is 30.0 Å². The lowest BCUT2D eigenvalue weighted by Crippen LogP contribution is -2.34. The number of imidazole rings is 1. The minimum atomic E-state index is -0.0331. The van der Waals surface area contributed by atoms with Gasteiger partial charge in [-0.25, -0.2) is 9.97 Å². The number of aryl methyl sites for hydroxylation is 1. The molecule has 3 rings (SSSR count). The fourth-order valence-electron chi connectivity index (χ4n) is 3.22. The van der Waals surface area contributed by atoms with Gasteiger partial charge in [-0.1, -0.05) is 38.4 Å². The number of carbonyl (C=O) groups excluding carboxylic acids is 1. The van der Waals surface area contributed by atoms with Crippen molar-refractivity contribution in [3.05, 3.63) is 59.0 Å². The zero-order valence-corrected chi connectivity index (χ0v) is 16.8. The van der Waals surface area contributed by atoms with Gasteiger partial charge in [0.05, 0.1) is 6.54 Å². The molecule has 0 aliphatic carbocycles. The highest BCUT2D eigenvalue weighted by molar-refractivity contribution is 6.30. The molecule has 142 valence electrons. The maximum atomic E-state index is 13.1. The quantitative estimate of drug-likeness (QED) is 0.588. The zero-order valence-electron chi connectivity index (χ0n) is 16.0. The third-order valence-electron chi connectivity index (χ3n) is 4.31. The van der Waals surface area contributed by atoms with Crippen molar-refractivity contribution in [1.82, 2.24) is 19.4 Å². The monoisotopic (exact) mass is 384 g/mol. The van der Waals surface area contributed by atoms with Gasteiger partial charge in [0, 0.05) is 29.9 Å². The van der Waals surface area contributed by atoms with Crippen LogP contribution >= 0.6 is 11.6 Å². The Kier molecular flexibility index (Phi) is 6.11. The fourth-order valence-corrected chi connectivity index (χ4v) is 3.41. The molecule has 5 nitrogen and oxygen atoms in total. The molecule has 1 amide bonds. The molecule has 2 heterocycles. The molecule has 2 aromatic heterocycles. The summed E-state index contributed by atoms with van der Waals surface area (Å²) in [5.74, 6) is 1.17. The molecule has 0 saturated carbocycles. The predicted molar refractivity (Wildman–Crippen MR) is 109 cm³/mol. The Hall–Kier alpha value is -2.40. The number of aromatic nitrogens is 3. The van der Waals surface area contributed by atoms with Gasteiger partial charge >= 0.3 is 0 Å². The summed E-state index contributed by atoms with van der Waals surface area (Å²) in [5.41, 5.74) is 2.33. The van der Waals surface area contributed by atoms with Crippen LogP contribution < -0.4 is 0 Å². The van der Waals surface area contributed by atoms with Crippen molar-refractivity contribution < 1.29 is 4.79 Å². The Morgan fingerprint density at radius 3 is 2.78 bits per heavy atom. The molecular formula is C21H25ClN4O. The number of hydrogen-bond donors (Lipinski definition) is 0. The van der Waals surface area contributed by atoms with Crippen molar-refractivity contribution in [2.75, 3.05) is 6.54 Å². The van der Waals surface area contributed by atoms with Crippen LogP contribution in [0.25, 0.3) is 11.2 Å². The van der Waals surface area contributed by atoms with Crippen molar-refractivity contribution in [2.24, 2.45) is 5.92 Å². The largest absolute Gasteiger partial charge is 0.331 e. The molecule has 0 fully saturated rings. The zero-order chi connectivity index (χ0) is 19.4. The van der Waals surface area contributed by atoms with Gasteiger partial charge in [0.15, 0.2) is 5.65 Å². The summed E-state index contributed by atoms with van der Waals surface area (Å²) in [7, 11) is 0. The molecule has 1 aromatic carbocycles. The van der Waals surface area contributed by atoms with Crippen LogP contribution in [0.2, 0.25) is 5.02 Å². The van der Waals surface area contributed by atoms with Crippen molar-refractivity contribution in [1.29, 1.82) is 0 Å². The van der Waals surface area contributed by atoms with E-state index in [1.807, 2.05) is 17.0 Å². The predicted octanol–water partition coefficient (Wildman–Crippen LogP) is 4.79. The van der Waals surface area contributed by atoms with E-state index in [1.54, 1.807) is 30.5 Å². The maximum Gasteiger partial charge on any atom is 0.254 e. The Bertz CT molecular complexity index is 935. The number of halogens is 1. The first-order valence-corrected chi connectivity index (χ1v) is 9.72. The summed E-state index contributed by atoms with van der Waals surface area (Å²) in [5, 5.41) is 0.563. The van der Waals surface area contributed by atoms with Crippen LogP contribution in [-0.2, 0) is 13.1 Å². The van der Waals surface area contributed by atoms with E-state index in [0.29, 0.717) is 29.6 Å². The van der Waals surface area contributed by atoms with Gasteiger partial charge in [-0.05, 0) is 42.7 Å².